The molecular formula is C11H9F3N2O. The van der Waals surface area contributed by atoms with Gasteiger partial charge in [0.15, 0.2) is 5.78 Å². The van der Waals surface area contributed by atoms with Gasteiger partial charge in [0.25, 0.3) is 0 Å². The Morgan fingerprint density at radius 1 is 1.35 bits per heavy atom. The molecule has 2 rings (SSSR count). The monoisotopic (exact) mass is 242 g/mol. The fourth-order valence-electron chi connectivity index (χ4n) is 1.66. The molecule has 0 aliphatic rings. The molecule has 0 radical (unpaired) electrons. The first-order valence-electron chi connectivity index (χ1n) is 4.87. The van der Waals surface area contributed by atoms with E-state index in [2.05, 4.69) is 4.98 Å². The number of halogens is 3. The lowest BCUT2D eigenvalue weighted by molar-refractivity contribution is -0.137. The number of carbonyl (C=O) groups excluding carboxylic acids is 1. The van der Waals surface area contributed by atoms with Crippen LogP contribution in [0.15, 0.2) is 18.3 Å². The number of ketones is 1. The zero-order valence-electron chi connectivity index (χ0n) is 9.17. The highest BCUT2D eigenvalue weighted by Gasteiger charge is 2.31. The Morgan fingerprint density at radius 2 is 2.00 bits per heavy atom. The van der Waals surface area contributed by atoms with Crippen molar-refractivity contribution in [3.63, 3.8) is 0 Å². The zero-order valence-corrected chi connectivity index (χ0v) is 9.17. The Bertz CT molecular complexity index is 599. The summed E-state index contributed by atoms with van der Waals surface area (Å²) >= 11 is 0. The quantitative estimate of drug-likeness (QED) is 0.720. The molecule has 0 N–H and O–H groups in total. The highest BCUT2D eigenvalue weighted by atomic mass is 19.4. The molecule has 0 atom stereocenters. The van der Waals surface area contributed by atoms with Gasteiger partial charge >= 0.3 is 6.18 Å². The standard InChI is InChI=1S/C11H9F3N2O/c1-6-10(7(2)17)15-9-4-3-8(5-16(6)9)11(12,13)14/h3-5H,1-2H3. The predicted octanol–water partition coefficient (Wildman–Crippen LogP) is 2.86. The molecular weight excluding hydrogens is 233 g/mol. The molecule has 0 bridgehead atoms. The number of Topliss-reactive ketones (excluding diaryl/α,β-unsaturated/α-hetero) is 1. The first kappa shape index (κ1) is 11.6. The number of pyridine rings is 1. The first-order chi connectivity index (χ1) is 7.80. The van der Waals surface area contributed by atoms with Crippen LogP contribution < -0.4 is 0 Å². The van der Waals surface area contributed by atoms with Gasteiger partial charge in [-0.3, -0.25) is 4.79 Å². The van der Waals surface area contributed by atoms with E-state index in [0.717, 1.165) is 12.3 Å². The van der Waals surface area contributed by atoms with Crippen molar-refractivity contribution in [2.75, 3.05) is 0 Å². The summed E-state index contributed by atoms with van der Waals surface area (Å²) in [6.45, 7) is 2.90. The molecule has 0 saturated carbocycles. The summed E-state index contributed by atoms with van der Waals surface area (Å²) in [6.07, 6.45) is -3.45. The molecule has 90 valence electrons. The Hall–Kier alpha value is -1.85. The number of aryl methyl sites for hydroxylation is 1. The number of imidazole rings is 1. The molecule has 0 spiro atoms. The molecule has 0 saturated heterocycles. The maximum absolute atomic E-state index is 12.5. The normalized spacial score (nSPS) is 12.1. The van der Waals surface area contributed by atoms with E-state index in [9.17, 15) is 18.0 Å². The molecule has 0 aromatic carbocycles. The third kappa shape index (κ3) is 1.90. The molecule has 6 heteroatoms. The van der Waals surface area contributed by atoms with Crippen LogP contribution in [-0.2, 0) is 6.18 Å². The predicted molar refractivity (Wildman–Crippen MR) is 54.9 cm³/mol. The van der Waals surface area contributed by atoms with Crippen LogP contribution >= 0.6 is 0 Å². The van der Waals surface area contributed by atoms with Crippen LogP contribution in [0.5, 0.6) is 0 Å². The van der Waals surface area contributed by atoms with Crippen molar-refractivity contribution < 1.29 is 18.0 Å². The molecule has 0 aliphatic heterocycles. The minimum absolute atomic E-state index is 0.198. The van der Waals surface area contributed by atoms with E-state index in [1.807, 2.05) is 0 Å². The number of hydrogen-bond donors (Lipinski definition) is 0. The van der Waals surface area contributed by atoms with Crippen molar-refractivity contribution >= 4 is 11.4 Å². The molecule has 2 aromatic heterocycles. The van der Waals surface area contributed by atoms with E-state index in [4.69, 9.17) is 0 Å². The third-order valence-corrected chi connectivity index (χ3v) is 2.52. The molecule has 0 fully saturated rings. The van der Waals surface area contributed by atoms with Crippen molar-refractivity contribution in [2.24, 2.45) is 0 Å². The summed E-state index contributed by atoms with van der Waals surface area (Å²) < 4.78 is 38.8. The van der Waals surface area contributed by atoms with Crippen LogP contribution in [-0.4, -0.2) is 15.2 Å². The van der Waals surface area contributed by atoms with Crippen molar-refractivity contribution in [1.29, 1.82) is 0 Å². The van der Waals surface area contributed by atoms with Crippen LogP contribution in [0.2, 0.25) is 0 Å². The van der Waals surface area contributed by atoms with Crippen LogP contribution in [0.25, 0.3) is 5.65 Å². The van der Waals surface area contributed by atoms with Crippen LogP contribution in [0.4, 0.5) is 13.2 Å². The highest BCUT2D eigenvalue weighted by Crippen LogP contribution is 2.29. The van der Waals surface area contributed by atoms with Crippen LogP contribution in [0.3, 0.4) is 0 Å². The van der Waals surface area contributed by atoms with Gasteiger partial charge in [-0.15, -0.1) is 0 Å². The van der Waals surface area contributed by atoms with Gasteiger partial charge in [0.1, 0.15) is 11.3 Å². The van der Waals surface area contributed by atoms with Gasteiger partial charge in [0.2, 0.25) is 0 Å². The molecule has 0 unspecified atom stereocenters. The third-order valence-electron chi connectivity index (χ3n) is 2.52. The van der Waals surface area contributed by atoms with Crippen molar-refractivity contribution in [1.82, 2.24) is 9.38 Å². The SMILES string of the molecule is CC(=O)c1nc2ccc(C(F)(F)F)cn2c1C. The second-order valence-electron chi connectivity index (χ2n) is 3.75. The van der Waals surface area contributed by atoms with E-state index < -0.39 is 11.7 Å². The molecule has 17 heavy (non-hydrogen) atoms. The highest BCUT2D eigenvalue weighted by molar-refractivity contribution is 5.94. The average molecular weight is 242 g/mol. The van der Waals surface area contributed by atoms with E-state index in [1.54, 1.807) is 6.92 Å². The van der Waals surface area contributed by atoms with Crippen molar-refractivity contribution in [3.8, 4) is 0 Å². The number of nitrogens with zero attached hydrogens (tertiary/aromatic N) is 2. The smallest absolute Gasteiger partial charge is 0.303 e. The number of alkyl halides is 3. The van der Waals surface area contributed by atoms with Gasteiger partial charge in [0.05, 0.1) is 11.3 Å². The van der Waals surface area contributed by atoms with Gasteiger partial charge in [-0.25, -0.2) is 4.98 Å². The number of rotatable bonds is 1. The second kappa shape index (κ2) is 3.58. The van der Waals surface area contributed by atoms with E-state index in [0.29, 0.717) is 11.3 Å². The molecule has 0 amide bonds. The number of hydrogen-bond acceptors (Lipinski definition) is 2. The molecule has 2 aromatic rings. The van der Waals surface area contributed by atoms with Crippen molar-refractivity contribution in [3.05, 3.63) is 35.3 Å². The van der Waals surface area contributed by atoms with E-state index in [-0.39, 0.29) is 11.5 Å². The first-order valence-corrected chi connectivity index (χ1v) is 4.87. The van der Waals surface area contributed by atoms with Crippen LogP contribution in [0.1, 0.15) is 28.7 Å². The van der Waals surface area contributed by atoms with E-state index >= 15 is 0 Å². The molecule has 3 nitrogen and oxygen atoms in total. The van der Waals surface area contributed by atoms with E-state index in [1.165, 1.54) is 17.4 Å². The lowest BCUT2D eigenvalue weighted by Crippen LogP contribution is -2.06. The lowest BCUT2D eigenvalue weighted by atomic mass is 10.2. The number of fused-ring (bicyclic) bond motifs is 1. The van der Waals surface area contributed by atoms with Crippen molar-refractivity contribution in [2.45, 2.75) is 20.0 Å². The summed E-state index contributed by atoms with van der Waals surface area (Å²) in [5.74, 6) is -0.264. The van der Waals surface area contributed by atoms with Gasteiger partial charge < -0.3 is 4.40 Å². The number of aromatic nitrogens is 2. The fraction of sp³-hybridized carbons (Fsp3) is 0.273. The Morgan fingerprint density at radius 3 is 2.53 bits per heavy atom. The minimum atomic E-state index is -4.40. The topological polar surface area (TPSA) is 34.4 Å². The molecule has 2 heterocycles. The number of carbonyl (C=O) groups is 1. The largest absolute Gasteiger partial charge is 0.417 e. The average Bonchev–Trinajstić information content (AvgIpc) is 2.54. The summed E-state index contributed by atoms with van der Waals surface area (Å²) in [7, 11) is 0. The maximum Gasteiger partial charge on any atom is 0.417 e. The van der Waals surface area contributed by atoms with Gasteiger partial charge in [-0.1, -0.05) is 0 Å². The Kier molecular flexibility index (Phi) is 2.45. The molecule has 0 aliphatic carbocycles. The Balaban J connectivity index is 2.70. The zero-order chi connectivity index (χ0) is 12.8. The lowest BCUT2D eigenvalue weighted by Gasteiger charge is -2.07. The summed E-state index contributed by atoms with van der Waals surface area (Å²) in [6, 6.07) is 2.20. The summed E-state index contributed by atoms with van der Waals surface area (Å²) in [5.41, 5.74) is 0.184. The summed E-state index contributed by atoms with van der Waals surface area (Å²) in [4.78, 5) is 15.2. The van der Waals surface area contributed by atoms with Gasteiger partial charge in [-0.05, 0) is 19.1 Å². The summed E-state index contributed by atoms with van der Waals surface area (Å²) in [5, 5.41) is 0. The van der Waals surface area contributed by atoms with Gasteiger partial charge in [0, 0.05) is 13.1 Å². The maximum atomic E-state index is 12.5. The minimum Gasteiger partial charge on any atom is -0.303 e. The van der Waals surface area contributed by atoms with Crippen LogP contribution in [0, 0.1) is 6.92 Å². The van der Waals surface area contributed by atoms with Gasteiger partial charge in [-0.2, -0.15) is 13.2 Å². The Labute approximate surface area is 94.9 Å². The fourth-order valence-corrected chi connectivity index (χ4v) is 1.66. The second-order valence-corrected chi connectivity index (χ2v) is 3.75.